The fraction of sp³-hybridized carbons (Fsp3) is 0.421. The van der Waals surface area contributed by atoms with Crippen LogP contribution in [0.4, 0.5) is 0 Å². The molecule has 0 unspecified atom stereocenters. The first-order valence-corrected chi connectivity index (χ1v) is 8.44. The first-order valence-electron chi connectivity index (χ1n) is 8.44. The number of nitrogens with zero attached hydrogens (tertiary/aromatic N) is 1. The number of aromatic nitrogens is 1. The molecule has 146 valence electrons. The molecular formula is C19H24N2O6. The fourth-order valence-electron chi connectivity index (χ4n) is 2.47. The molecule has 0 aliphatic carbocycles. The summed E-state index contributed by atoms with van der Waals surface area (Å²) in [6, 6.07) is 5.29. The summed E-state index contributed by atoms with van der Waals surface area (Å²) in [5.41, 5.74) is 1.21. The van der Waals surface area contributed by atoms with Gasteiger partial charge in [0.25, 0.3) is 0 Å². The van der Waals surface area contributed by atoms with Gasteiger partial charge in [0.1, 0.15) is 11.5 Å². The zero-order chi connectivity index (χ0) is 19.8. The van der Waals surface area contributed by atoms with Gasteiger partial charge in [-0.05, 0) is 25.1 Å². The van der Waals surface area contributed by atoms with Gasteiger partial charge < -0.3 is 23.9 Å². The smallest absolute Gasteiger partial charge is 0.227 e. The fourth-order valence-corrected chi connectivity index (χ4v) is 2.47. The summed E-state index contributed by atoms with van der Waals surface area (Å²) in [6.07, 6.45) is -0.179. The number of carbonyl (C=O) groups is 2. The SMILES string of the molecule is COCCNC(=O)CC(=O)Cc1nc(-c2ccc(OC)c(OC)c2)oc1C. The van der Waals surface area contributed by atoms with Crippen molar-refractivity contribution in [1.29, 1.82) is 0 Å². The second kappa shape index (κ2) is 9.72. The average Bonchev–Trinajstić information content (AvgIpc) is 3.01. The molecule has 8 nitrogen and oxygen atoms in total. The second-order valence-corrected chi connectivity index (χ2v) is 5.83. The Morgan fingerprint density at radius 2 is 1.89 bits per heavy atom. The Hall–Kier alpha value is -2.87. The van der Waals surface area contributed by atoms with Gasteiger partial charge in [-0.25, -0.2) is 4.98 Å². The molecule has 0 saturated heterocycles. The summed E-state index contributed by atoms with van der Waals surface area (Å²) >= 11 is 0. The molecule has 0 bridgehead atoms. The van der Waals surface area contributed by atoms with Crippen molar-refractivity contribution >= 4 is 11.7 Å². The van der Waals surface area contributed by atoms with Crippen LogP contribution in [-0.4, -0.2) is 51.2 Å². The minimum atomic E-state index is -0.335. The number of rotatable bonds is 10. The summed E-state index contributed by atoms with van der Waals surface area (Å²) < 4.78 is 21.0. The Kier molecular flexibility index (Phi) is 7.36. The van der Waals surface area contributed by atoms with Crippen LogP contribution in [-0.2, 0) is 20.7 Å². The zero-order valence-electron chi connectivity index (χ0n) is 16.0. The molecule has 1 amide bonds. The topological polar surface area (TPSA) is 99.9 Å². The lowest BCUT2D eigenvalue weighted by molar-refractivity contribution is -0.128. The number of ether oxygens (including phenoxy) is 3. The van der Waals surface area contributed by atoms with Gasteiger partial charge in [-0.1, -0.05) is 0 Å². The third kappa shape index (κ3) is 5.55. The molecule has 1 N–H and O–H groups in total. The molecule has 0 atom stereocenters. The second-order valence-electron chi connectivity index (χ2n) is 5.83. The van der Waals surface area contributed by atoms with Gasteiger partial charge in [-0.3, -0.25) is 9.59 Å². The minimum absolute atomic E-state index is 0.0281. The predicted molar refractivity (Wildman–Crippen MR) is 98.0 cm³/mol. The lowest BCUT2D eigenvalue weighted by Gasteiger charge is -2.07. The van der Waals surface area contributed by atoms with Crippen molar-refractivity contribution in [2.24, 2.45) is 0 Å². The monoisotopic (exact) mass is 376 g/mol. The van der Waals surface area contributed by atoms with Crippen LogP contribution < -0.4 is 14.8 Å². The number of methoxy groups -OCH3 is 3. The van der Waals surface area contributed by atoms with E-state index in [1.54, 1.807) is 46.5 Å². The first-order chi connectivity index (χ1) is 13.0. The molecule has 1 heterocycles. The first kappa shape index (κ1) is 20.4. The number of nitrogens with one attached hydrogen (secondary N) is 1. The summed E-state index contributed by atoms with van der Waals surface area (Å²) in [7, 11) is 4.65. The summed E-state index contributed by atoms with van der Waals surface area (Å²) in [5.74, 6) is 1.49. The van der Waals surface area contributed by atoms with E-state index >= 15 is 0 Å². The average molecular weight is 376 g/mol. The van der Waals surface area contributed by atoms with Crippen molar-refractivity contribution in [2.75, 3.05) is 34.5 Å². The Labute approximate surface area is 157 Å². The molecule has 0 radical (unpaired) electrons. The number of benzene rings is 1. The third-order valence-corrected chi connectivity index (χ3v) is 3.87. The Morgan fingerprint density at radius 3 is 2.56 bits per heavy atom. The Morgan fingerprint density at radius 1 is 1.15 bits per heavy atom. The standard InChI is InChI=1S/C19H24N2O6/c1-12-15(10-14(22)11-18(23)20-7-8-24-2)21-19(27-12)13-5-6-16(25-3)17(9-13)26-4/h5-6,9H,7-8,10-11H2,1-4H3,(H,20,23). The van der Waals surface area contributed by atoms with E-state index in [1.165, 1.54) is 0 Å². The maximum atomic E-state index is 12.1. The minimum Gasteiger partial charge on any atom is -0.493 e. The van der Waals surface area contributed by atoms with Gasteiger partial charge >= 0.3 is 0 Å². The number of amides is 1. The van der Waals surface area contributed by atoms with Crippen LogP contribution in [0.25, 0.3) is 11.5 Å². The van der Waals surface area contributed by atoms with Crippen molar-refractivity contribution in [3.63, 3.8) is 0 Å². The lowest BCUT2D eigenvalue weighted by atomic mass is 10.1. The van der Waals surface area contributed by atoms with Crippen molar-refractivity contribution < 1.29 is 28.2 Å². The molecular weight excluding hydrogens is 352 g/mol. The van der Waals surface area contributed by atoms with Crippen molar-refractivity contribution in [3.05, 3.63) is 29.7 Å². The highest BCUT2D eigenvalue weighted by atomic mass is 16.5. The Balaban J connectivity index is 2.06. The van der Waals surface area contributed by atoms with Gasteiger partial charge in [0.05, 0.1) is 39.4 Å². The highest BCUT2D eigenvalue weighted by molar-refractivity contribution is 5.98. The molecule has 8 heteroatoms. The summed E-state index contributed by atoms with van der Waals surface area (Å²) in [4.78, 5) is 28.2. The number of hydrogen-bond donors (Lipinski definition) is 1. The van der Waals surface area contributed by atoms with Crippen molar-refractivity contribution in [3.8, 4) is 23.0 Å². The summed E-state index contributed by atoms with van der Waals surface area (Å²) in [5, 5.41) is 2.62. The summed E-state index contributed by atoms with van der Waals surface area (Å²) in [6.45, 7) is 2.50. The van der Waals surface area contributed by atoms with E-state index in [2.05, 4.69) is 10.3 Å². The van der Waals surface area contributed by atoms with Gasteiger partial charge in [-0.15, -0.1) is 0 Å². The number of carbonyl (C=O) groups excluding carboxylic acids is 2. The van der Waals surface area contributed by atoms with Gasteiger partial charge in [-0.2, -0.15) is 0 Å². The van der Waals surface area contributed by atoms with Gasteiger partial charge in [0.15, 0.2) is 11.5 Å². The zero-order valence-corrected chi connectivity index (χ0v) is 16.0. The highest BCUT2D eigenvalue weighted by Crippen LogP contribution is 2.32. The Bertz CT molecular complexity index is 799. The van der Waals surface area contributed by atoms with E-state index in [0.717, 1.165) is 0 Å². The predicted octanol–water partition coefficient (Wildman–Crippen LogP) is 1.93. The molecule has 2 rings (SSSR count). The molecule has 0 saturated carbocycles. The van der Waals surface area contributed by atoms with E-state index in [1.807, 2.05) is 0 Å². The van der Waals surface area contributed by atoms with Crippen LogP contribution in [0, 0.1) is 6.92 Å². The van der Waals surface area contributed by atoms with E-state index < -0.39 is 0 Å². The quantitative estimate of drug-likeness (QED) is 0.499. The number of hydrogen-bond acceptors (Lipinski definition) is 7. The van der Waals surface area contributed by atoms with Gasteiger partial charge in [0, 0.05) is 19.2 Å². The number of ketones is 1. The lowest BCUT2D eigenvalue weighted by Crippen LogP contribution is -2.29. The molecule has 1 aromatic carbocycles. The van der Waals surface area contributed by atoms with Crippen LogP contribution in [0.2, 0.25) is 0 Å². The molecule has 1 aromatic heterocycles. The third-order valence-electron chi connectivity index (χ3n) is 3.87. The van der Waals surface area contributed by atoms with Crippen LogP contribution >= 0.6 is 0 Å². The van der Waals surface area contributed by atoms with E-state index in [-0.39, 0.29) is 24.5 Å². The van der Waals surface area contributed by atoms with E-state index in [4.69, 9.17) is 18.6 Å². The number of aryl methyl sites for hydroxylation is 1. The number of oxazole rings is 1. The maximum Gasteiger partial charge on any atom is 0.227 e. The molecule has 0 fully saturated rings. The van der Waals surface area contributed by atoms with Crippen LogP contribution in [0.15, 0.2) is 22.6 Å². The molecule has 0 aliphatic heterocycles. The highest BCUT2D eigenvalue weighted by Gasteiger charge is 2.18. The van der Waals surface area contributed by atoms with Crippen molar-refractivity contribution in [2.45, 2.75) is 19.8 Å². The van der Waals surface area contributed by atoms with Crippen molar-refractivity contribution in [1.82, 2.24) is 10.3 Å². The van der Waals surface area contributed by atoms with Crippen LogP contribution in [0.5, 0.6) is 11.5 Å². The van der Waals surface area contributed by atoms with Crippen LogP contribution in [0.3, 0.4) is 0 Å². The molecule has 0 aliphatic rings. The van der Waals surface area contributed by atoms with E-state index in [0.29, 0.717) is 47.6 Å². The largest absolute Gasteiger partial charge is 0.493 e. The number of Topliss-reactive ketones (excluding diaryl/α,β-unsaturated/α-hetero) is 1. The van der Waals surface area contributed by atoms with E-state index in [9.17, 15) is 9.59 Å². The van der Waals surface area contributed by atoms with Gasteiger partial charge in [0.2, 0.25) is 11.8 Å². The molecule has 2 aromatic rings. The normalized spacial score (nSPS) is 10.5. The molecule has 27 heavy (non-hydrogen) atoms. The molecule has 0 spiro atoms. The van der Waals surface area contributed by atoms with Crippen LogP contribution in [0.1, 0.15) is 17.9 Å². The maximum absolute atomic E-state index is 12.1.